The van der Waals surface area contributed by atoms with E-state index in [2.05, 4.69) is 10.9 Å². The Morgan fingerprint density at radius 3 is 2.67 bits per heavy atom. The molecule has 3 amide bonds. The lowest BCUT2D eigenvalue weighted by molar-refractivity contribution is -0.129. The van der Waals surface area contributed by atoms with Crippen LogP contribution >= 0.6 is 0 Å². The van der Waals surface area contributed by atoms with Crippen LogP contribution in [0.3, 0.4) is 0 Å². The minimum atomic E-state index is -0.541. The summed E-state index contributed by atoms with van der Waals surface area (Å²) in [7, 11) is 0. The van der Waals surface area contributed by atoms with E-state index in [1.807, 2.05) is 30.3 Å². The first-order valence-electron chi connectivity index (χ1n) is 10.8. The fourth-order valence-electron chi connectivity index (χ4n) is 3.64. The standard InChI is InChI=1S/C25H25N3O5/c29-23-15-20(16-28(23)17-22-10-5-12-32-22)25(31)27-26-24(30)19-8-4-9-21(14-19)33-13-11-18-6-2-1-3-7-18/h1-10,12,14,20H,11,13,15-17H2,(H,26,30)(H,27,31). The Morgan fingerprint density at radius 1 is 1.03 bits per heavy atom. The number of amides is 3. The third-order valence-corrected chi connectivity index (χ3v) is 5.41. The van der Waals surface area contributed by atoms with Gasteiger partial charge in [-0.1, -0.05) is 36.4 Å². The SMILES string of the molecule is O=C(NNC(=O)C1CC(=O)N(Cc2ccco2)C1)c1cccc(OCCc2ccccc2)c1. The van der Waals surface area contributed by atoms with Crippen LogP contribution in [0.5, 0.6) is 5.75 Å². The Morgan fingerprint density at radius 2 is 1.88 bits per heavy atom. The summed E-state index contributed by atoms with van der Waals surface area (Å²) in [4.78, 5) is 38.7. The summed E-state index contributed by atoms with van der Waals surface area (Å²) in [6.07, 6.45) is 2.39. The third-order valence-electron chi connectivity index (χ3n) is 5.41. The zero-order chi connectivity index (χ0) is 23.0. The van der Waals surface area contributed by atoms with Crippen molar-refractivity contribution in [2.75, 3.05) is 13.2 Å². The minimum absolute atomic E-state index is 0.0904. The summed E-state index contributed by atoms with van der Waals surface area (Å²) in [6.45, 7) is 1.07. The van der Waals surface area contributed by atoms with Crippen LogP contribution in [-0.2, 0) is 22.6 Å². The Labute approximate surface area is 191 Å². The number of hydrogen-bond donors (Lipinski definition) is 2. The molecule has 0 aliphatic carbocycles. The van der Waals surface area contributed by atoms with Crippen LogP contribution < -0.4 is 15.6 Å². The molecule has 1 saturated heterocycles. The van der Waals surface area contributed by atoms with E-state index in [-0.39, 0.29) is 18.9 Å². The number of rotatable bonds is 8. The van der Waals surface area contributed by atoms with Crippen molar-refractivity contribution in [3.8, 4) is 5.75 Å². The Bertz CT molecular complexity index is 1100. The third kappa shape index (κ3) is 6.00. The normalized spacial score (nSPS) is 15.3. The van der Waals surface area contributed by atoms with E-state index in [1.54, 1.807) is 47.6 Å². The van der Waals surface area contributed by atoms with Gasteiger partial charge in [0.25, 0.3) is 5.91 Å². The van der Waals surface area contributed by atoms with E-state index in [0.29, 0.717) is 30.2 Å². The van der Waals surface area contributed by atoms with E-state index in [9.17, 15) is 14.4 Å². The van der Waals surface area contributed by atoms with Crippen molar-refractivity contribution < 1.29 is 23.5 Å². The Kier molecular flexibility index (Phi) is 7.04. The molecule has 4 rings (SSSR count). The number of nitrogens with zero attached hydrogens (tertiary/aromatic N) is 1. The maximum atomic E-state index is 12.5. The molecule has 1 atom stereocenters. The summed E-state index contributed by atoms with van der Waals surface area (Å²) in [5.41, 5.74) is 6.37. The molecule has 8 heteroatoms. The molecule has 1 fully saturated rings. The highest BCUT2D eigenvalue weighted by Crippen LogP contribution is 2.20. The summed E-state index contributed by atoms with van der Waals surface area (Å²) in [5.74, 6) is -0.315. The second-order valence-electron chi connectivity index (χ2n) is 7.81. The van der Waals surface area contributed by atoms with Crippen molar-refractivity contribution in [2.45, 2.75) is 19.4 Å². The highest BCUT2D eigenvalue weighted by atomic mass is 16.5. The molecule has 2 aromatic carbocycles. The number of likely N-dealkylation sites (tertiary alicyclic amines) is 1. The zero-order valence-electron chi connectivity index (χ0n) is 18.0. The molecule has 1 aromatic heterocycles. The lowest BCUT2D eigenvalue weighted by Crippen LogP contribution is -2.45. The maximum absolute atomic E-state index is 12.5. The number of carbonyl (C=O) groups excluding carboxylic acids is 3. The molecule has 2 heterocycles. The van der Waals surface area contributed by atoms with E-state index in [1.165, 1.54) is 5.56 Å². The van der Waals surface area contributed by atoms with Gasteiger partial charge >= 0.3 is 0 Å². The number of benzene rings is 2. The van der Waals surface area contributed by atoms with Gasteiger partial charge in [0, 0.05) is 24.9 Å². The van der Waals surface area contributed by atoms with E-state index < -0.39 is 17.7 Å². The number of nitrogens with one attached hydrogen (secondary N) is 2. The van der Waals surface area contributed by atoms with Gasteiger partial charge in [-0.15, -0.1) is 0 Å². The fourth-order valence-corrected chi connectivity index (χ4v) is 3.64. The van der Waals surface area contributed by atoms with Crippen LogP contribution in [0.25, 0.3) is 0 Å². The monoisotopic (exact) mass is 447 g/mol. The van der Waals surface area contributed by atoms with Crippen molar-refractivity contribution in [3.05, 3.63) is 89.9 Å². The van der Waals surface area contributed by atoms with Crippen LogP contribution in [-0.4, -0.2) is 35.8 Å². The highest BCUT2D eigenvalue weighted by Gasteiger charge is 2.34. The molecule has 1 aliphatic rings. The van der Waals surface area contributed by atoms with Crippen LogP contribution in [0.2, 0.25) is 0 Å². The van der Waals surface area contributed by atoms with Gasteiger partial charge < -0.3 is 14.1 Å². The Hall–Kier alpha value is -4.07. The predicted molar refractivity (Wildman–Crippen MR) is 120 cm³/mol. The molecule has 0 spiro atoms. The van der Waals surface area contributed by atoms with Crippen molar-refractivity contribution in [1.82, 2.24) is 15.8 Å². The van der Waals surface area contributed by atoms with Gasteiger partial charge in [0.2, 0.25) is 11.8 Å². The molecule has 0 bridgehead atoms. The van der Waals surface area contributed by atoms with Crippen LogP contribution in [0.4, 0.5) is 0 Å². The Balaban J connectivity index is 1.24. The summed E-state index contributed by atoms with van der Waals surface area (Å²) in [6, 6.07) is 20.3. The summed E-state index contributed by atoms with van der Waals surface area (Å²) < 4.78 is 11.0. The van der Waals surface area contributed by atoms with Gasteiger partial charge in [0.05, 0.1) is 25.3 Å². The first-order chi connectivity index (χ1) is 16.1. The van der Waals surface area contributed by atoms with E-state index in [4.69, 9.17) is 9.15 Å². The average molecular weight is 447 g/mol. The van der Waals surface area contributed by atoms with Crippen LogP contribution in [0, 0.1) is 5.92 Å². The minimum Gasteiger partial charge on any atom is -0.493 e. The van der Waals surface area contributed by atoms with Gasteiger partial charge in [0.1, 0.15) is 11.5 Å². The molecule has 0 radical (unpaired) electrons. The number of hydrogen-bond acceptors (Lipinski definition) is 5. The second kappa shape index (κ2) is 10.5. The topological polar surface area (TPSA) is 101 Å². The molecule has 2 N–H and O–H groups in total. The van der Waals surface area contributed by atoms with Gasteiger partial charge in [-0.05, 0) is 35.9 Å². The first kappa shape index (κ1) is 22.1. The van der Waals surface area contributed by atoms with Gasteiger partial charge in [-0.25, -0.2) is 0 Å². The molecular formula is C25H25N3O5. The molecule has 0 saturated carbocycles. The summed E-state index contributed by atoms with van der Waals surface area (Å²) in [5, 5.41) is 0. The molecule has 1 aliphatic heterocycles. The van der Waals surface area contributed by atoms with Crippen molar-refractivity contribution in [2.24, 2.45) is 5.92 Å². The fraction of sp³-hybridized carbons (Fsp3) is 0.240. The number of hydrazine groups is 1. The molecule has 3 aromatic rings. The molecule has 1 unspecified atom stereocenters. The van der Waals surface area contributed by atoms with Crippen molar-refractivity contribution in [3.63, 3.8) is 0 Å². The first-order valence-corrected chi connectivity index (χ1v) is 10.8. The lowest BCUT2D eigenvalue weighted by atomic mass is 10.1. The van der Waals surface area contributed by atoms with Crippen LogP contribution in [0.15, 0.2) is 77.4 Å². The number of furan rings is 1. The largest absolute Gasteiger partial charge is 0.493 e. The van der Waals surface area contributed by atoms with Gasteiger partial charge in [-0.3, -0.25) is 25.2 Å². The van der Waals surface area contributed by atoms with E-state index >= 15 is 0 Å². The summed E-state index contributed by atoms with van der Waals surface area (Å²) >= 11 is 0. The smallest absolute Gasteiger partial charge is 0.269 e. The van der Waals surface area contributed by atoms with Gasteiger partial charge in [-0.2, -0.15) is 0 Å². The molecular weight excluding hydrogens is 422 g/mol. The lowest BCUT2D eigenvalue weighted by Gasteiger charge is -2.15. The highest BCUT2D eigenvalue weighted by molar-refractivity contribution is 5.96. The second-order valence-corrected chi connectivity index (χ2v) is 7.81. The zero-order valence-corrected chi connectivity index (χ0v) is 18.0. The van der Waals surface area contributed by atoms with Crippen molar-refractivity contribution >= 4 is 17.7 Å². The van der Waals surface area contributed by atoms with Crippen LogP contribution in [0.1, 0.15) is 28.1 Å². The average Bonchev–Trinajstić information content (AvgIpc) is 3.48. The quantitative estimate of drug-likeness (QED) is 0.517. The predicted octanol–water partition coefficient (Wildman–Crippen LogP) is 2.71. The number of ether oxygens (including phenoxy) is 1. The molecule has 170 valence electrons. The maximum Gasteiger partial charge on any atom is 0.269 e. The van der Waals surface area contributed by atoms with Gasteiger partial charge in [0.15, 0.2) is 0 Å². The molecule has 33 heavy (non-hydrogen) atoms. The van der Waals surface area contributed by atoms with E-state index in [0.717, 1.165) is 6.42 Å². The number of carbonyl (C=O) groups is 3. The molecule has 8 nitrogen and oxygen atoms in total. The van der Waals surface area contributed by atoms with Crippen molar-refractivity contribution in [1.29, 1.82) is 0 Å².